The molecule has 0 amide bonds. The summed E-state index contributed by atoms with van der Waals surface area (Å²) in [6.07, 6.45) is -47.7. The van der Waals surface area contributed by atoms with E-state index in [4.69, 9.17) is 42.6 Å². The molecule has 1 unspecified atom stereocenters. The molecule has 5 aliphatic heterocycles. The Morgan fingerprint density at radius 1 is 0.268 bits per heavy atom. The summed E-state index contributed by atoms with van der Waals surface area (Å²) in [5.74, 6) is 0. The van der Waals surface area contributed by atoms with Gasteiger partial charge in [0.25, 0.3) is 0 Å². The van der Waals surface area contributed by atoms with E-state index in [0.717, 1.165) is 0 Å². The maximum Gasteiger partial charge on any atom is 0.187 e. The van der Waals surface area contributed by atoms with Crippen molar-refractivity contribution in [2.24, 2.45) is 0 Å². The highest BCUT2D eigenvalue weighted by atomic mass is 16.8. The summed E-state index contributed by atoms with van der Waals surface area (Å²) in [6.45, 7) is -4.58. The van der Waals surface area contributed by atoms with Crippen LogP contribution in [0.2, 0.25) is 0 Å². The minimum Gasteiger partial charge on any atom is -0.394 e. The Morgan fingerprint density at radius 2 is 0.571 bits per heavy atom. The SMILES string of the molecule is OC[C@H]1O[C@H](O[C@@H]2[C@@H](O[C@@H]3[C@H](O)[C@@H](O[C@@H]4[C@@H](O[C@@H]5C(O)O[C@H](CO)[C@@H](O)[C@@H]5O)O[C@H](CO)[C@@H](O)[C@@H]4O)O[C@H](CO)[C@H]3O)O[C@H](CO)[C@@H](O)[C@@H]2O)[C@@H](O)[C@@H](O)[C@@H]1O. The average molecular weight is 829 g/mol. The van der Waals surface area contributed by atoms with Gasteiger partial charge in [-0.1, -0.05) is 0 Å². The minimum atomic E-state index is -2.22. The maximum atomic E-state index is 11.5. The van der Waals surface area contributed by atoms with Crippen molar-refractivity contribution in [2.75, 3.05) is 33.0 Å². The average Bonchev–Trinajstić information content (AvgIpc) is 3.18. The van der Waals surface area contributed by atoms with Crippen LogP contribution in [0.5, 0.6) is 0 Å². The fourth-order valence-electron chi connectivity index (χ4n) is 6.97. The van der Waals surface area contributed by atoms with E-state index in [2.05, 4.69) is 0 Å². The molecule has 56 heavy (non-hydrogen) atoms. The first-order chi connectivity index (χ1) is 26.5. The smallest absolute Gasteiger partial charge is 0.187 e. The minimum absolute atomic E-state index is 0.824. The molecule has 5 heterocycles. The van der Waals surface area contributed by atoms with Gasteiger partial charge < -0.3 is 129 Å². The van der Waals surface area contributed by atoms with Gasteiger partial charge in [-0.2, -0.15) is 0 Å². The predicted octanol–water partition coefficient (Wildman–Crippen LogP) is -11.9. The van der Waals surface area contributed by atoms with E-state index < -0.39 is 187 Å². The second-order valence-electron chi connectivity index (χ2n) is 13.9. The van der Waals surface area contributed by atoms with Crippen LogP contribution >= 0.6 is 0 Å². The van der Waals surface area contributed by atoms with Crippen molar-refractivity contribution in [1.82, 2.24) is 0 Å². The first-order valence-electron chi connectivity index (χ1n) is 17.6. The molecule has 0 aromatic carbocycles. The first kappa shape index (κ1) is 46.0. The number of rotatable bonds is 13. The summed E-state index contributed by atoms with van der Waals surface area (Å²) >= 11 is 0. The Balaban J connectivity index is 1.39. The van der Waals surface area contributed by atoms with E-state index in [1.165, 1.54) is 0 Å². The molecule has 26 heteroatoms. The van der Waals surface area contributed by atoms with E-state index in [-0.39, 0.29) is 0 Å². The van der Waals surface area contributed by atoms with Crippen LogP contribution in [0, 0.1) is 0 Å². The monoisotopic (exact) mass is 828 g/mol. The van der Waals surface area contributed by atoms with Crippen molar-refractivity contribution in [2.45, 2.75) is 154 Å². The van der Waals surface area contributed by atoms with Crippen LogP contribution in [-0.4, -0.2) is 273 Å². The van der Waals surface area contributed by atoms with Gasteiger partial charge in [0.1, 0.15) is 122 Å². The molecule has 0 aromatic rings. The lowest BCUT2D eigenvalue weighted by Gasteiger charge is -2.50. The highest BCUT2D eigenvalue weighted by molar-refractivity contribution is 4.99. The molecule has 0 saturated carbocycles. The summed E-state index contributed by atoms with van der Waals surface area (Å²) in [5, 5.41) is 177. The second-order valence-corrected chi connectivity index (χ2v) is 13.9. The molecule has 5 fully saturated rings. The van der Waals surface area contributed by atoms with E-state index in [1.54, 1.807) is 0 Å². The Hall–Kier alpha value is -1.04. The third kappa shape index (κ3) is 9.16. The van der Waals surface area contributed by atoms with E-state index >= 15 is 0 Å². The molecule has 25 atom stereocenters. The van der Waals surface area contributed by atoms with Gasteiger partial charge in [-0.15, -0.1) is 0 Å². The van der Waals surface area contributed by atoms with Gasteiger partial charge in [0.05, 0.1) is 33.0 Å². The third-order valence-corrected chi connectivity index (χ3v) is 10.3. The number of aliphatic hydroxyl groups is 17. The molecule has 5 aliphatic rings. The lowest BCUT2D eigenvalue weighted by Crippen LogP contribution is -2.68. The summed E-state index contributed by atoms with van der Waals surface area (Å²) in [5.41, 5.74) is 0. The van der Waals surface area contributed by atoms with Gasteiger partial charge in [-0.05, 0) is 0 Å². The fraction of sp³-hybridized carbons (Fsp3) is 1.00. The molecular weight excluding hydrogens is 776 g/mol. The fourth-order valence-corrected chi connectivity index (χ4v) is 6.97. The number of ether oxygens (including phenoxy) is 9. The molecule has 17 N–H and O–H groups in total. The van der Waals surface area contributed by atoms with Crippen LogP contribution in [0.1, 0.15) is 0 Å². The van der Waals surface area contributed by atoms with Gasteiger partial charge in [-0.25, -0.2) is 0 Å². The van der Waals surface area contributed by atoms with Crippen LogP contribution < -0.4 is 0 Å². The van der Waals surface area contributed by atoms with E-state index in [9.17, 15) is 86.8 Å². The first-order valence-corrected chi connectivity index (χ1v) is 17.6. The summed E-state index contributed by atoms with van der Waals surface area (Å²) < 4.78 is 49.7. The normalized spacial score (nSPS) is 53.2. The van der Waals surface area contributed by atoms with Gasteiger partial charge >= 0.3 is 0 Å². The predicted molar refractivity (Wildman–Crippen MR) is 167 cm³/mol. The van der Waals surface area contributed by atoms with Crippen molar-refractivity contribution < 1.29 is 129 Å². The van der Waals surface area contributed by atoms with Crippen molar-refractivity contribution in [3.8, 4) is 0 Å². The number of hydrogen-bond donors (Lipinski definition) is 17. The molecule has 0 radical (unpaired) electrons. The molecule has 0 aliphatic carbocycles. The molecule has 0 aromatic heterocycles. The number of hydrogen-bond acceptors (Lipinski definition) is 26. The Morgan fingerprint density at radius 3 is 1.00 bits per heavy atom. The Labute approximate surface area is 316 Å². The maximum absolute atomic E-state index is 11.5. The zero-order chi connectivity index (χ0) is 41.3. The molecule has 5 rings (SSSR count). The largest absolute Gasteiger partial charge is 0.394 e. The van der Waals surface area contributed by atoms with Crippen LogP contribution in [0.3, 0.4) is 0 Å². The zero-order valence-electron chi connectivity index (χ0n) is 29.2. The molecule has 328 valence electrons. The quantitative estimate of drug-likeness (QED) is 0.0819. The van der Waals surface area contributed by atoms with Crippen molar-refractivity contribution in [1.29, 1.82) is 0 Å². The Bertz CT molecular complexity index is 1210. The number of aliphatic hydroxyl groups excluding tert-OH is 17. The molecule has 0 bridgehead atoms. The highest BCUT2D eigenvalue weighted by Gasteiger charge is 2.57. The summed E-state index contributed by atoms with van der Waals surface area (Å²) in [7, 11) is 0. The highest BCUT2D eigenvalue weighted by Crippen LogP contribution is 2.36. The topological polar surface area (TPSA) is 427 Å². The van der Waals surface area contributed by atoms with Gasteiger partial charge in [0, 0.05) is 0 Å². The van der Waals surface area contributed by atoms with Gasteiger partial charge in [-0.3, -0.25) is 0 Å². The third-order valence-electron chi connectivity index (χ3n) is 10.3. The lowest BCUT2D eigenvalue weighted by molar-refractivity contribution is -0.405. The molecule has 5 saturated heterocycles. The lowest BCUT2D eigenvalue weighted by atomic mass is 9.95. The molecule has 0 spiro atoms. The van der Waals surface area contributed by atoms with Crippen LogP contribution in [0.15, 0.2) is 0 Å². The molecular formula is C30H52O26. The van der Waals surface area contributed by atoms with Crippen molar-refractivity contribution in [3.63, 3.8) is 0 Å². The van der Waals surface area contributed by atoms with E-state index in [1.807, 2.05) is 0 Å². The van der Waals surface area contributed by atoms with E-state index in [0.29, 0.717) is 0 Å². The Kier molecular flexibility index (Phi) is 16.1. The van der Waals surface area contributed by atoms with Crippen LogP contribution in [-0.2, 0) is 42.6 Å². The standard InChI is InChI=1S/C30H52O26/c31-1-6-12(37)17(42)23(26(47)48-6)54-30-25(19(44)14(39)9(4-34)52-30)56-28-21(46)22(15(40)10(5-35)50-28)53-29-24(18(43)13(38)8(3-33)51-29)55-27-20(45)16(41)11(36)7(2-32)49-27/h6-47H,1-5H2/t6-,7-,8-,9-,10-,11-,12-,13-,14-,15-,16+,17+,18+,19+,20+,21+,22+,23+,24+,25+,26?,27-,28-,29-,30-/m1/s1. The summed E-state index contributed by atoms with van der Waals surface area (Å²) in [6, 6.07) is 0. The van der Waals surface area contributed by atoms with Gasteiger partial charge in [0.2, 0.25) is 0 Å². The van der Waals surface area contributed by atoms with Crippen molar-refractivity contribution >= 4 is 0 Å². The van der Waals surface area contributed by atoms with Crippen LogP contribution in [0.4, 0.5) is 0 Å². The zero-order valence-corrected chi connectivity index (χ0v) is 29.2. The van der Waals surface area contributed by atoms with Crippen molar-refractivity contribution in [3.05, 3.63) is 0 Å². The molecule has 26 nitrogen and oxygen atoms in total. The van der Waals surface area contributed by atoms with Gasteiger partial charge in [0.15, 0.2) is 31.5 Å². The van der Waals surface area contributed by atoms with Crippen LogP contribution in [0.25, 0.3) is 0 Å². The second kappa shape index (κ2) is 19.6. The summed E-state index contributed by atoms with van der Waals surface area (Å²) in [4.78, 5) is 0.